The Balaban J connectivity index is 1.71. The van der Waals surface area contributed by atoms with Gasteiger partial charge in [-0.3, -0.25) is 4.79 Å². The minimum atomic E-state index is -0.0876. The van der Waals surface area contributed by atoms with Crippen molar-refractivity contribution in [1.29, 1.82) is 0 Å². The van der Waals surface area contributed by atoms with Crippen LogP contribution in [0.1, 0.15) is 27.9 Å². The third-order valence-corrected chi connectivity index (χ3v) is 4.90. The second-order valence-electron chi connectivity index (χ2n) is 4.78. The number of nitrogens with one attached hydrogen (secondary N) is 2. The molecular formula is C15H17N5OS2. The van der Waals surface area contributed by atoms with Gasteiger partial charge in [-0.05, 0) is 22.9 Å². The van der Waals surface area contributed by atoms with Crippen molar-refractivity contribution < 1.29 is 4.79 Å². The summed E-state index contributed by atoms with van der Waals surface area (Å²) < 4.78 is 1.34. The molecule has 0 saturated carbocycles. The molecule has 0 spiro atoms. The van der Waals surface area contributed by atoms with Gasteiger partial charge >= 0.3 is 0 Å². The molecule has 2 N–H and O–H groups in total. The number of carbonyl (C=O) groups is 1. The van der Waals surface area contributed by atoms with Gasteiger partial charge in [0.15, 0.2) is 0 Å². The van der Waals surface area contributed by atoms with Crippen molar-refractivity contribution in [2.24, 2.45) is 0 Å². The van der Waals surface area contributed by atoms with Gasteiger partial charge in [0.1, 0.15) is 0 Å². The fourth-order valence-electron chi connectivity index (χ4n) is 1.98. The van der Waals surface area contributed by atoms with Crippen LogP contribution in [0.5, 0.6) is 0 Å². The minimum Gasteiger partial charge on any atom is -0.349 e. The molecule has 0 bridgehead atoms. The van der Waals surface area contributed by atoms with E-state index in [-0.39, 0.29) is 5.91 Å². The average molecular weight is 347 g/mol. The molecule has 0 fully saturated rings. The lowest BCUT2D eigenvalue weighted by molar-refractivity contribution is 0.0895. The van der Waals surface area contributed by atoms with Gasteiger partial charge in [0, 0.05) is 16.2 Å². The topological polar surface area (TPSA) is 71.8 Å². The van der Waals surface area contributed by atoms with Crippen LogP contribution in [-0.2, 0) is 13.1 Å². The molecule has 0 aliphatic carbocycles. The maximum Gasteiger partial charge on any atom is 0.249 e. The molecule has 3 aromatic rings. The summed E-state index contributed by atoms with van der Waals surface area (Å²) >= 11 is 3.32. The van der Waals surface area contributed by atoms with Crippen molar-refractivity contribution in [2.45, 2.75) is 26.4 Å². The Morgan fingerprint density at radius 2 is 1.78 bits per heavy atom. The predicted molar refractivity (Wildman–Crippen MR) is 94.2 cm³/mol. The standard InChI is InChI=1S/C15H17N5OS2/c1-2-13(21)20-15(17-10-12-6-4-8-23-12)18-14(19-20)16-9-11-5-3-7-22-11/h3-8H,2,9-10H2,1H3,(H2,16,17,18,19). The zero-order valence-electron chi connectivity index (χ0n) is 12.7. The summed E-state index contributed by atoms with van der Waals surface area (Å²) in [6, 6.07) is 8.08. The molecule has 0 unspecified atom stereocenters. The molecule has 0 radical (unpaired) electrons. The fourth-order valence-corrected chi connectivity index (χ4v) is 3.27. The van der Waals surface area contributed by atoms with Crippen LogP contribution in [0.25, 0.3) is 0 Å². The van der Waals surface area contributed by atoms with Crippen LogP contribution in [0.3, 0.4) is 0 Å². The fraction of sp³-hybridized carbons (Fsp3) is 0.267. The van der Waals surface area contributed by atoms with Gasteiger partial charge < -0.3 is 10.6 Å². The van der Waals surface area contributed by atoms with Crippen molar-refractivity contribution in [1.82, 2.24) is 14.8 Å². The Labute approximate surface area is 142 Å². The molecule has 3 rings (SSSR count). The first-order valence-electron chi connectivity index (χ1n) is 7.29. The molecule has 23 heavy (non-hydrogen) atoms. The molecular weight excluding hydrogens is 330 g/mol. The second-order valence-corrected chi connectivity index (χ2v) is 6.85. The normalized spacial score (nSPS) is 10.7. The molecule has 8 heteroatoms. The largest absolute Gasteiger partial charge is 0.349 e. The summed E-state index contributed by atoms with van der Waals surface area (Å²) in [5.41, 5.74) is 0. The van der Waals surface area contributed by atoms with Crippen molar-refractivity contribution >= 4 is 40.5 Å². The summed E-state index contributed by atoms with van der Waals surface area (Å²) in [5, 5.41) is 14.7. The van der Waals surface area contributed by atoms with Crippen molar-refractivity contribution in [3.05, 3.63) is 44.8 Å². The lowest BCUT2D eigenvalue weighted by atomic mass is 10.4. The predicted octanol–water partition coefficient (Wildman–Crippen LogP) is 3.68. The minimum absolute atomic E-state index is 0.0876. The Bertz CT molecular complexity index is 749. The third-order valence-electron chi connectivity index (χ3n) is 3.15. The van der Waals surface area contributed by atoms with Crippen molar-refractivity contribution in [2.75, 3.05) is 10.6 Å². The molecule has 3 aromatic heterocycles. The number of thiophene rings is 2. The summed E-state index contributed by atoms with van der Waals surface area (Å²) in [6.07, 6.45) is 0.376. The Hall–Kier alpha value is -2.19. The summed E-state index contributed by atoms with van der Waals surface area (Å²) in [5.74, 6) is 0.836. The van der Waals surface area contributed by atoms with Crippen molar-refractivity contribution in [3.8, 4) is 0 Å². The lowest BCUT2D eigenvalue weighted by Gasteiger charge is -2.04. The molecule has 0 aliphatic heterocycles. The van der Waals surface area contributed by atoms with Gasteiger partial charge in [0.25, 0.3) is 0 Å². The van der Waals surface area contributed by atoms with E-state index in [0.717, 1.165) is 0 Å². The molecule has 0 aliphatic rings. The Morgan fingerprint density at radius 1 is 1.13 bits per heavy atom. The first-order valence-corrected chi connectivity index (χ1v) is 9.05. The lowest BCUT2D eigenvalue weighted by Crippen LogP contribution is -2.15. The van der Waals surface area contributed by atoms with Crippen molar-refractivity contribution in [3.63, 3.8) is 0 Å². The highest BCUT2D eigenvalue weighted by Crippen LogP contribution is 2.16. The van der Waals surface area contributed by atoms with Gasteiger partial charge in [-0.2, -0.15) is 9.67 Å². The molecule has 0 amide bonds. The summed E-state index contributed by atoms with van der Waals surface area (Å²) in [6.45, 7) is 3.08. The SMILES string of the molecule is CCC(=O)n1nc(NCc2cccs2)nc1NCc1cccs1. The third kappa shape index (κ3) is 3.96. The van der Waals surface area contributed by atoms with E-state index < -0.39 is 0 Å². The van der Waals surface area contributed by atoms with E-state index in [1.807, 2.05) is 41.9 Å². The molecule has 0 saturated heterocycles. The smallest absolute Gasteiger partial charge is 0.249 e. The number of anilines is 2. The number of rotatable bonds is 7. The van der Waals surface area contributed by atoms with E-state index in [9.17, 15) is 4.79 Å². The maximum absolute atomic E-state index is 12.0. The van der Waals surface area contributed by atoms with E-state index in [1.54, 1.807) is 22.7 Å². The van der Waals surface area contributed by atoms with E-state index in [1.165, 1.54) is 14.4 Å². The average Bonchev–Trinajstić information content (AvgIpc) is 3.31. The summed E-state index contributed by atoms with van der Waals surface area (Å²) in [7, 11) is 0. The van der Waals surface area contributed by atoms with Gasteiger partial charge in [-0.1, -0.05) is 19.1 Å². The van der Waals surface area contributed by atoms with Crippen LogP contribution < -0.4 is 10.6 Å². The first-order chi connectivity index (χ1) is 11.3. The van der Waals surface area contributed by atoms with Crippen LogP contribution in [-0.4, -0.2) is 20.7 Å². The van der Waals surface area contributed by atoms with E-state index in [2.05, 4.69) is 20.7 Å². The van der Waals surface area contributed by atoms with Crippen LogP contribution >= 0.6 is 22.7 Å². The van der Waals surface area contributed by atoms with E-state index in [0.29, 0.717) is 31.4 Å². The van der Waals surface area contributed by atoms with Gasteiger partial charge in [0.05, 0.1) is 13.1 Å². The van der Waals surface area contributed by atoms with Gasteiger partial charge in [0.2, 0.25) is 17.8 Å². The zero-order chi connectivity index (χ0) is 16.1. The number of nitrogens with zero attached hydrogens (tertiary/aromatic N) is 3. The van der Waals surface area contributed by atoms with Gasteiger partial charge in [-0.25, -0.2) is 0 Å². The molecule has 0 aromatic carbocycles. The highest BCUT2D eigenvalue weighted by molar-refractivity contribution is 7.10. The molecule has 0 atom stereocenters. The number of carbonyl (C=O) groups excluding carboxylic acids is 1. The van der Waals surface area contributed by atoms with Crippen LogP contribution in [0, 0.1) is 0 Å². The molecule has 6 nitrogen and oxygen atoms in total. The van der Waals surface area contributed by atoms with Crippen LogP contribution in [0.4, 0.5) is 11.9 Å². The Kier molecular flexibility index (Phi) is 5.04. The number of hydrogen-bond donors (Lipinski definition) is 2. The quantitative estimate of drug-likeness (QED) is 0.682. The highest BCUT2D eigenvalue weighted by atomic mass is 32.1. The second kappa shape index (κ2) is 7.38. The van der Waals surface area contributed by atoms with Gasteiger partial charge in [-0.15, -0.1) is 27.8 Å². The number of hydrogen-bond acceptors (Lipinski definition) is 7. The molecule has 120 valence electrons. The zero-order valence-corrected chi connectivity index (χ0v) is 14.3. The summed E-state index contributed by atoms with van der Waals surface area (Å²) in [4.78, 5) is 18.8. The first kappa shape index (κ1) is 15.7. The molecule has 3 heterocycles. The maximum atomic E-state index is 12.0. The van der Waals surface area contributed by atoms with E-state index in [4.69, 9.17) is 0 Å². The van der Waals surface area contributed by atoms with Crippen LogP contribution in [0.2, 0.25) is 0 Å². The van der Waals surface area contributed by atoms with Crippen LogP contribution in [0.15, 0.2) is 35.0 Å². The Morgan fingerprint density at radius 3 is 2.35 bits per heavy atom. The number of aromatic nitrogens is 3. The monoisotopic (exact) mass is 347 g/mol. The highest BCUT2D eigenvalue weighted by Gasteiger charge is 2.14. The van der Waals surface area contributed by atoms with E-state index >= 15 is 0 Å².